The second-order valence-electron chi connectivity index (χ2n) is 6.66. The Kier molecular flexibility index (Phi) is 6.71. The lowest BCUT2D eigenvalue weighted by molar-refractivity contribution is 0.242. The molecule has 3 nitrogen and oxygen atoms in total. The SMILES string of the molecule is CC(C)Oc1ccc(C(C)NCC(C)(C)CCC#N)cc1. The molecule has 0 saturated carbocycles. The number of nitrogens with one attached hydrogen (secondary N) is 1. The Hall–Kier alpha value is -1.53. The molecule has 1 N–H and O–H groups in total. The Morgan fingerprint density at radius 2 is 1.81 bits per heavy atom. The minimum atomic E-state index is 0.144. The van der Waals surface area contributed by atoms with Gasteiger partial charge in [0.25, 0.3) is 0 Å². The second-order valence-corrected chi connectivity index (χ2v) is 6.66. The molecular weight excluding hydrogens is 260 g/mol. The van der Waals surface area contributed by atoms with Crippen molar-refractivity contribution in [1.82, 2.24) is 5.32 Å². The van der Waals surface area contributed by atoms with Gasteiger partial charge in [0, 0.05) is 19.0 Å². The average Bonchev–Trinajstić information content (AvgIpc) is 2.43. The van der Waals surface area contributed by atoms with Crippen molar-refractivity contribution in [3.63, 3.8) is 0 Å². The minimum Gasteiger partial charge on any atom is -0.491 e. The molecule has 0 aliphatic rings. The van der Waals surface area contributed by atoms with E-state index in [9.17, 15) is 0 Å². The van der Waals surface area contributed by atoms with Gasteiger partial charge >= 0.3 is 0 Å². The smallest absolute Gasteiger partial charge is 0.119 e. The van der Waals surface area contributed by atoms with Crippen LogP contribution in [0.25, 0.3) is 0 Å². The Morgan fingerprint density at radius 3 is 2.33 bits per heavy atom. The molecule has 0 spiro atoms. The van der Waals surface area contributed by atoms with Crippen molar-refractivity contribution in [2.45, 2.75) is 59.6 Å². The number of nitrogens with zero attached hydrogens (tertiary/aromatic N) is 1. The third kappa shape index (κ3) is 6.64. The van der Waals surface area contributed by atoms with E-state index >= 15 is 0 Å². The molecular formula is C18H28N2O. The normalized spacial score (nSPS) is 13.0. The molecule has 3 heteroatoms. The molecule has 0 amide bonds. The minimum absolute atomic E-state index is 0.144. The molecule has 0 bridgehead atoms. The largest absolute Gasteiger partial charge is 0.491 e. The highest BCUT2D eigenvalue weighted by atomic mass is 16.5. The molecule has 116 valence electrons. The predicted octanol–water partition coefficient (Wildman–Crippen LogP) is 4.45. The van der Waals surface area contributed by atoms with Crippen molar-refractivity contribution in [3.8, 4) is 11.8 Å². The van der Waals surface area contributed by atoms with Crippen molar-refractivity contribution >= 4 is 0 Å². The summed E-state index contributed by atoms with van der Waals surface area (Å²) in [5.41, 5.74) is 1.40. The Labute approximate surface area is 129 Å². The van der Waals surface area contributed by atoms with Crippen molar-refractivity contribution in [1.29, 1.82) is 5.26 Å². The molecule has 0 aliphatic heterocycles. The van der Waals surface area contributed by atoms with Gasteiger partial charge in [-0.25, -0.2) is 0 Å². The van der Waals surface area contributed by atoms with E-state index in [2.05, 4.69) is 44.3 Å². The molecule has 0 aromatic heterocycles. The zero-order chi connectivity index (χ0) is 15.9. The molecule has 1 aromatic rings. The van der Waals surface area contributed by atoms with Crippen LogP contribution in [0.15, 0.2) is 24.3 Å². The molecule has 21 heavy (non-hydrogen) atoms. The fourth-order valence-corrected chi connectivity index (χ4v) is 2.14. The van der Waals surface area contributed by atoms with Crippen LogP contribution in [0.4, 0.5) is 0 Å². The Bertz CT molecular complexity index is 457. The van der Waals surface area contributed by atoms with Gasteiger partial charge in [0.15, 0.2) is 0 Å². The van der Waals surface area contributed by atoms with Gasteiger partial charge < -0.3 is 10.1 Å². The van der Waals surface area contributed by atoms with Crippen molar-refractivity contribution < 1.29 is 4.74 Å². The maximum Gasteiger partial charge on any atom is 0.119 e. The molecule has 1 unspecified atom stereocenters. The summed E-state index contributed by atoms with van der Waals surface area (Å²) < 4.78 is 5.66. The summed E-state index contributed by atoms with van der Waals surface area (Å²) in [6.45, 7) is 11.5. The average molecular weight is 288 g/mol. The molecule has 0 aliphatic carbocycles. The summed E-state index contributed by atoms with van der Waals surface area (Å²) in [7, 11) is 0. The van der Waals surface area contributed by atoms with E-state index in [-0.39, 0.29) is 11.5 Å². The molecule has 1 aromatic carbocycles. The quantitative estimate of drug-likeness (QED) is 0.768. The third-order valence-electron chi connectivity index (χ3n) is 3.55. The lowest BCUT2D eigenvalue weighted by Crippen LogP contribution is -2.31. The van der Waals surface area contributed by atoms with Gasteiger partial charge in [0.1, 0.15) is 5.75 Å². The van der Waals surface area contributed by atoms with Gasteiger partial charge in [-0.15, -0.1) is 0 Å². The van der Waals surface area contributed by atoms with Crippen molar-refractivity contribution in [3.05, 3.63) is 29.8 Å². The van der Waals surface area contributed by atoms with E-state index in [1.54, 1.807) is 0 Å². The van der Waals surface area contributed by atoms with Gasteiger partial charge in [0.05, 0.1) is 12.2 Å². The topological polar surface area (TPSA) is 45.0 Å². The standard InChI is InChI=1S/C18H28N2O/c1-14(2)21-17-9-7-16(8-10-17)15(3)20-13-18(4,5)11-6-12-19/h7-10,14-15,20H,6,11,13H2,1-5H3. The monoisotopic (exact) mass is 288 g/mol. The molecule has 0 heterocycles. The highest BCUT2D eigenvalue weighted by molar-refractivity contribution is 5.29. The first kappa shape index (κ1) is 17.5. The highest BCUT2D eigenvalue weighted by Gasteiger charge is 2.18. The van der Waals surface area contributed by atoms with E-state index in [0.717, 1.165) is 18.7 Å². The first-order valence-electron chi connectivity index (χ1n) is 7.71. The zero-order valence-electron chi connectivity index (χ0n) is 13.9. The van der Waals surface area contributed by atoms with Crippen molar-refractivity contribution in [2.75, 3.05) is 6.54 Å². The number of hydrogen-bond donors (Lipinski definition) is 1. The number of benzene rings is 1. The number of rotatable bonds is 8. The highest BCUT2D eigenvalue weighted by Crippen LogP contribution is 2.23. The summed E-state index contributed by atoms with van der Waals surface area (Å²) in [6.07, 6.45) is 1.74. The van der Waals surface area contributed by atoms with Crippen LogP contribution in [0.2, 0.25) is 0 Å². The van der Waals surface area contributed by atoms with E-state index < -0.39 is 0 Å². The Morgan fingerprint density at radius 1 is 1.19 bits per heavy atom. The fourth-order valence-electron chi connectivity index (χ4n) is 2.14. The lowest BCUT2D eigenvalue weighted by atomic mass is 9.87. The van der Waals surface area contributed by atoms with Crippen LogP contribution in [0.5, 0.6) is 5.75 Å². The van der Waals surface area contributed by atoms with E-state index in [1.165, 1.54) is 5.56 Å². The van der Waals surface area contributed by atoms with Crippen LogP contribution in [0.3, 0.4) is 0 Å². The van der Waals surface area contributed by atoms with Crippen LogP contribution in [0, 0.1) is 16.7 Å². The van der Waals surface area contributed by atoms with Crippen LogP contribution >= 0.6 is 0 Å². The maximum atomic E-state index is 8.69. The van der Waals surface area contributed by atoms with Crippen LogP contribution in [-0.4, -0.2) is 12.6 Å². The van der Waals surface area contributed by atoms with Gasteiger partial charge in [-0.3, -0.25) is 0 Å². The molecule has 1 atom stereocenters. The summed E-state index contributed by atoms with van der Waals surface area (Å²) in [5, 5.41) is 12.2. The maximum absolute atomic E-state index is 8.69. The summed E-state index contributed by atoms with van der Waals surface area (Å²) in [6, 6.07) is 10.8. The molecule has 1 rings (SSSR count). The van der Waals surface area contributed by atoms with Gasteiger partial charge in [-0.05, 0) is 50.3 Å². The van der Waals surface area contributed by atoms with Gasteiger partial charge in [-0.2, -0.15) is 5.26 Å². The van der Waals surface area contributed by atoms with E-state index in [0.29, 0.717) is 12.5 Å². The van der Waals surface area contributed by atoms with Gasteiger partial charge in [0.2, 0.25) is 0 Å². The van der Waals surface area contributed by atoms with Crippen LogP contribution < -0.4 is 10.1 Å². The number of nitriles is 1. The second kappa shape index (κ2) is 8.05. The lowest BCUT2D eigenvalue weighted by Gasteiger charge is -2.26. The Balaban J connectivity index is 2.52. The zero-order valence-corrected chi connectivity index (χ0v) is 13.9. The van der Waals surface area contributed by atoms with Crippen LogP contribution in [-0.2, 0) is 0 Å². The van der Waals surface area contributed by atoms with Crippen LogP contribution in [0.1, 0.15) is 59.1 Å². The third-order valence-corrected chi connectivity index (χ3v) is 3.55. The number of ether oxygens (including phenoxy) is 1. The molecule has 0 fully saturated rings. The van der Waals surface area contributed by atoms with Crippen molar-refractivity contribution in [2.24, 2.45) is 5.41 Å². The van der Waals surface area contributed by atoms with E-state index in [4.69, 9.17) is 10.00 Å². The molecule has 0 radical (unpaired) electrons. The van der Waals surface area contributed by atoms with E-state index in [1.807, 2.05) is 26.0 Å². The summed E-state index contributed by atoms with van der Waals surface area (Å²) in [5.74, 6) is 0.912. The van der Waals surface area contributed by atoms with Gasteiger partial charge in [-0.1, -0.05) is 26.0 Å². The first-order chi connectivity index (χ1) is 9.84. The summed E-state index contributed by atoms with van der Waals surface area (Å²) >= 11 is 0. The first-order valence-corrected chi connectivity index (χ1v) is 7.71. The molecule has 0 saturated heterocycles. The summed E-state index contributed by atoms with van der Waals surface area (Å²) in [4.78, 5) is 0. The fraction of sp³-hybridized carbons (Fsp3) is 0.611. The number of hydrogen-bond acceptors (Lipinski definition) is 3. The predicted molar refractivity (Wildman–Crippen MR) is 87.3 cm³/mol.